The van der Waals surface area contributed by atoms with Gasteiger partial charge in [-0.05, 0) is 19.8 Å². The van der Waals surface area contributed by atoms with Crippen molar-refractivity contribution in [2.75, 3.05) is 6.54 Å². The van der Waals surface area contributed by atoms with E-state index in [-0.39, 0.29) is 12.5 Å². The second-order valence-electron chi connectivity index (χ2n) is 3.99. The number of rotatable bonds is 8. The maximum absolute atomic E-state index is 11.4. The topological polar surface area (TPSA) is 109 Å². The van der Waals surface area contributed by atoms with Gasteiger partial charge < -0.3 is 20.3 Å². The molecule has 19 heavy (non-hydrogen) atoms. The summed E-state index contributed by atoms with van der Waals surface area (Å²) in [6.45, 7) is 3.49. The summed E-state index contributed by atoms with van der Waals surface area (Å²) < 4.78 is 1.84. The van der Waals surface area contributed by atoms with Crippen LogP contribution in [0, 0.1) is 0 Å². The number of hydrogen-bond donors (Lipinski definition) is 3. The van der Waals surface area contributed by atoms with Crippen molar-refractivity contribution in [3.8, 4) is 0 Å². The van der Waals surface area contributed by atoms with Gasteiger partial charge in [-0.15, -0.1) is 10.2 Å². The lowest BCUT2D eigenvalue weighted by Crippen LogP contribution is -2.36. The van der Waals surface area contributed by atoms with Gasteiger partial charge in [-0.3, -0.25) is 4.79 Å². The maximum Gasteiger partial charge on any atom is 0.315 e. The highest BCUT2D eigenvalue weighted by Gasteiger charge is 2.05. The second kappa shape index (κ2) is 8.06. The molecule has 0 saturated carbocycles. The third-order valence-electron chi connectivity index (χ3n) is 2.55. The highest BCUT2D eigenvalue weighted by atomic mass is 16.4. The Morgan fingerprint density at radius 1 is 1.37 bits per heavy atom. The Bertz CT molecular complexity index is 418. The van der Waals surface area contributed by atoms with Crippen molar-refractivity contribution in [2.45, 2.75) is 39.3 Å². The molecule has 0 saturated heterocycles. The minimum absolute atomic E-state index is 0.128. The molecule has 1 rings (SSSR count). The Balaban J connectivity index is 2.13. The van der Waals surface area contributed by atoms with Gasteiger partial charge in [0.25, 0.3) is 0 Å². The van der Waals surface area contributed by atoms with Gasteiger partial charge in [-0.1, -0.05) is 0 Å². The van der Waals surface area contributed by atoms with E-state index in [0.29, 0.717) is 31.8 Å². The Hall–Kier alpha value is -2.12. The summed E-state index contributed by atoms with van der Waals surface area (Å²) in [7, 11) is 0. The molecule has 0 spiro atoms. The Morgan fingerprint density at radius 2 is 2.16 bits per heavy atom. The molecule has 0 aliphatic rings. The number of aromatic nitrogens is 3. The summed E-state index contributed by atoms with van der Waals surface area (Å²) in [6, 6.07) is -0.291. The van der Waals surface area contributed by atoms with Crippen molar-refractivity contribution in [1.82, 2.24) is 25.4 Å². The van der Waals surface area contributed by atoms with E-state index in [1.165, 1.54) is 0 Å². The molecule has 1 aromatic rings. The number of carbonyl (C=O) groups excluding carboxylic acids is 1. The molecule has 1 heterocycles. The van der Waals surface area contributed by atoms with E-state index in [9.17, 15) is 9.59 Å². The van der Waals surface area contributed by atoms with Crippen molar-refractivity contribution in [3.63, 3.8) is 0 Å². The first-order chi connectivity index (χ1) is 9.13. The Kier molecular flexibility index (Phi) is 6.34. The van der Waals surface area contributed by atoms with Crippen molar-refractivity contribution in [2.24, 2.45) is 0 Å². The lowest BCUT2D eigenvalue weighted by atomic mass is 10.2. The average molecular weight is 269 g/mol. The number of aliphatic carboxylic acids is 1. The third-order valence-corrected chi connectivity index (χ3v) is 2.55. The SMILES string of the molecule is CCn1cnnc1CNC(=O)NCCCCC(=O)O. The van der Waals surface area contributed by atoms with E-state index in [2.05, 4.69) is 20.8 Å². The molecule has 8 heteroatoms. The zero-order valence-corrected chi connectivity index (χ0v) is 10.9. The lowest BCUT2D eigenvalue weighted by molar-refractivity contribution is -0.137. The van der Waals surface area contributed by atoms with Crippen LogP contribution in [0.15, 0.2) is 6.33 Å². The van der Waals surface area contributed by atoms with Crippen LogP contribution in [0.3, 0.4) is 0 Å². The van der Waals surface area contributed by atoms with Gasteiger partial charge in [0.05, 0.1) is 6.54 Å². The molecule has 3 N–H and O–H groups in total. The van der Waals surface area contributed by atoms with E-state index in [4.69, 9.17) is 5.11 Å². The number of urea groups is 1. The largest absolute Gasteiger partial charge is 0.481 e. The van der Waals surface area contributed by atoms with Crippen LogP contribution < -0.4 is 10.6 Å². The molecule has 1 aromatic heterocycles. The molecule has 0 aliphatic heterocycles. The molecular weight excluding hydrogens is 250 g/mol. The van der Waals surface area contributed by atoms with E-state index in [1.807, 2.05) is 11.5 Å². The van der Waals surface area contributed by atoms with Crippen molar-refractivity contribution in [3.05, 3.63) is 12.2 Å². The van der Waals surface area contributed by atoms with Gasteiger partial charge in [0.1, 0.15) is 6.33 Å². The molecule has 0 aliphatic carbocycles. The van der Waals surface area contributed by atoms with Crippen LogP contribution >= 0.6 is 0 Å². The number of unbranched alkanes of at least 4 members (excludes halogenated alkanes) is 1. The van der Waals surface area contributed by atoms with Crippen LogP contribution in [0.25, 0.3) is 0 Å². The van der Waals surface area contributed by atoms with Gasteiger partial charge in [0, 0.05) is 19.5 Å². The highest BCUT2D eigenvalue weighted by Crippen LogP contribution is 1.95. The summed E-state index contributed by atoms with van der Waals surface area (Å²) in [5.74, 6) is -0.119. The Labute approximate surface area is 111 Å². The fourth-order valence-corrected chi connectivity index (χ4v) is 1.50. The standard InChI is InChI=1S/C11H19N5O3/c1-2-16-8-14-15-9(16)7-13-11(19)12-6-4-3-5-10(17)18/h8H,2-7H2,1H3,(H,17,18)(H2,12,13,19). The fraction of sp³-hybridized carbons (Fsp3) is 0.636. The Morgan fingerprint density at radius 3 is 2.84 bits per heavy atom. The summed E-state index contributed by atoms with van der Waals surface area (Å²) in [5, 5.41) is 21.4. The number of nitrogens with one attached hydrogen (secondary N) is 2. The number of carboxylic acids is 1. The van der Waals surface area contributed by atoms with Gasteiger partial charge in [-0.2, -0.15) is 0 Å². The van der Waals surface area contributed by atoms with Gasteiger partial charge >= 0.3 is 12.0 Å². The number of carboxylic acid groups (broad SMARTS) is 1. The van der Waals surface area contributed by atoms with Crippen LogP contribution in [0.5, 0.6) is 0 Å². The molecule has 0 unspecified atom stereocenters. The minimum atomic E-state index is -0.816. The smallest absolute Gasteiger partial charge is 0.315 e. The summed E-state index contributed by atoms with van der Waals surface area (Å²) in [5.41, 5.74) is 0. The van der Waals surface area contributed by atoms with Crippen LogP contribution in [-0.2, 0) is 17.9 Å². The van der Waals surface area contributed by atoms with Crippen LogP contribution in [0.4, 0.5) is 4.79 Å². The van der Waals surface area contributed by atoms with Gasteiger partial charge in [-0.25, -0.2) is 4.79 Å². The molecular formula is C11H19N5O3. The zero-order valence-electron chi connectivity index (χ0n) is 10.9. The van der Waals surface area contributed by atoms with Crippen molar-refractivity contribution >= 4 is 12.0 Å². The second-order valence-corrected chi connectivity index (χ2v) is 3.99. The number of aryl methyl sites for hydroxylation is 1. The quantitative estimate of drug-likeness (QED) is 0.590. The number of amides is 2. The van der Waals surface area contributed by atoms with Crippen molar-refractivity contribution < 1.29 is 14.7 Å². The maximum atomic E-state index is 11.4. The van der Waals surface area contributed by atoms with E-state index >= 15 is 0 Å². The molecule has 0 atom stereocenters. The first kappa shape index (κ1) is 14.9. The van der Waals surface area contributed by atoms with Crippen LogP contribution in [-0.4, -0.2) is 38.4 Å². The first-order valence-electron chi connectivity index (χ1n) is 6.23. The minimum Gasteiger partial charge on any atom is -0.481 e. The van der Waals surface area contributed by atoms with Gasteiger partial charge in [0.15, 0.2) is 5.82 Å². The summed E-state index contributed by atoms with van der Waals surface area (Å²) in [4.78, 5) is 21.7. The summed E-state index contributed by atoms with van der Waals surface area (Å²) >= 11 is 0. The number of nitrogens with zero attached hydrogens (tertiary/aromatic N) is 3. The molecule has 0 aromatic carbocycles. The normalized spacial score (nSPS) is 10.2. The lowest BCUT2D eigenvalue weighted by Gasteiger charge is -2.07. The monoisotopic (exact) mass is 269 g/mol. The highest BCUT2D eigenvalue weighted by molar-refractivity contribution is 5.73. The van der Waals surface area contributed by atoms with E-state index < -0.39 is 5.97 Å². The fourth-order valence-electron chi connectivity index (χ4n) is 1.50. The average Bonchev–Trinajstić information content (AvgIpc) is 2.83. The van der Waals surface area contributed by atoms with E-state index in [1.54, 1.807) is 6.33 Å². The van der Waals surface area contributed by atoms with Crippen LogP contribution in [0.2, 0.25) is 0 Å². The van der Waals surface area contributed by atoms with E-state index in [0.717, 1.165) is 6.54 Å². The van der Waals surface area contributed by atoms with Crippen LogP contribution in [0.1, 0.15) is 32.0 Å². The zero-order chi connectivity index (χ0) is 14.1. The molecule has 2 amide bonds. The number of carbonyl (C=O) groups is 2. The molecule has 0 fully saturated rings. The predicted octanol–water partition coefficient (Wildman–Crippen LogP) is 0.352. The van der Waals surface area contributed by atoms with Crippen molar-refractivity contribution in [1.29, 1.82) is 0 Å². The summed E-state index contributed by atoms with van der Waals surface area (Å²) in [6.07, 6.45) is 2.94. The molecule has 0 bridgehead atoms. The van der Waals surface area contributed by atoms with Gasteiger partial charge in [0.2, 0.25) is 0 Å². The predicted molar refractivity (Wildman–Crippen MR) is 67.4 cm³/mol. The first-order valence-corrected chi connectivity index (χ1v) is 6.23. The molecule has 8 nitrogen and oxygen atoms in total. The number of hydrogen-bond acceptors (Lipinski definition) is 4. The molecule has 106 valence electrons. The third kappa shape index (κ3) is 5.84. The molecule has 0 radical (unpaired) electrons.